The minimum absolute atomic E-state index is 0.269. The van der Waals surface area contributed by atoms with Crippen molar-refractivity contribution in [3.63, 3.8) is 0 Å². The SMILES string of the molecule is CCNc1cc(NCc2cccc(C)c2)nc(N)n1. The number of rotatable bonds is 5. The molecule has 0 radical (unpaired) electrons. The number of aromatic nitrogens is 2. The van der Waals surface area contributed by atoms with Crippen LogP contribution in [0, 0.1) is 6.92 Å². The first-order valence-corrected chi connectivity index (χ1v) is 6.35. The van der Waals surface area contributed by atoms with Gasteiger partial charge >= 0.3 is 0 Å². The molecule has 0 fully saturated rings. The lowest BCUT2D eigenvalue weighted by atomic mass is 10.1. The van der Waals surface area contributed by atoms with Crippen LogP contribution < -0.4 is 16.4 Å². The third-order valence-corrected chi connectivity index (χ3v) is 2.66. The summed E-state index contributed by atoms with van der Waals surface area (Å²) in [5.41, 5.74) is 8.14. The lowest BCUT2D eigenvalue weighted by Gasteiger charge is -2.09. The highest BCUT2D eigenvalue weighted by Crippen LogP contribution is 2.13. The van der Waals surface area contributed by atoms with Crippen molar-refractivity contribution in [1.82, 2.24) is 9.97 Å². The molecule has 100 valence electrons. The smallest absolute Gasteiger partial charge is 0.223 e. The number of benzene rings is 1. The van der Waals surface area contributed by atoms with E-state index in [1.807, 2.05) is 19.1 Å². The van der Waals surface area contributed by atoms with E-state index in [1.54, 1.807) is 0 Å². The maximum Gasteiger partial charge on any atom is 0.223 e. The second-order valence-electron chi connectivity index (χ2n) is 4.37. The van der Waals surface area contributed by atoms with Crippen molar-refractivity contribution in [3.05, 3.63) is 41.5 Å². The number of nitrogen functional groups attached to an aromatic ring is 1. The summed E-state index contributed by atoms with van der Waals surface area (Å²) in [7, 11) is 0. The predicted octanol–water partition coefficient (Wildman–Crippen LogP) is 2.41. The van der Waals surface area contributed by atoms with Crippen molar-refractivity contribution in [1.29, 1.82) is 0 Å². The molecule has 19 heavy (non-hydrogen) atoms. The Labute approximate surface area is 113 Å². The Balaban J connectivity index is 2.06. The average molecular weight is 257 g/mol. The summed E-state index contributed by atoms with van der Waals surface area (Å²) in [6.45, 7) is 5.60. The molecule has 5 heteroatoms. The third-order valence-electron chi connectivity index (χ3n) is 2.66. The van der Waals surface area contributed by atoms with E-state index < -0.39 is 0 Å². The normalized spacial score (nSPS) is 10.2. The Morgan fingerprint density at radius 2 is 1.84 bits per heavy atom. The zero-order chi connectivity index (χ0) is 13.7. The maximum absolute atomic E-state index is 5.68. The lowest BCUT2D eigenvalue weighted by Crippen LogP contribution is -2.07. The van der Waals surface area contributed by atoms with Gasteiger partial charge in [-0.25, -0.2) is 0 Å². The minimum Gasteiger partial charge on any atom is -0.370 e. The van der Waals surface area contributed by atoms with E-state index in [0.717, 1.165) is 18.2 Å². The van der Waals surface area contributed by atoms with Gasteiger partial charge in [-0.1, -0.05) is 29.8 Å². The van der Waals surface area contributed by atoms with E-state index in [-0.39, 0.29) is 5.95 Å². The van der Waals surface area contributed by atoms with E-state index in [9.17, 15) is 0 Å². The molecule has 1 aromatic heterocycles. The van der Waals surface area contributed by atoms with Gasteiger partial charge in [-0.05, 0) is 19.4 Å². The van der Waals surface area contributed by atoms with Crippen LogP contribution in [0.4, 0.5) is 17.6 Å². The van der Waals surface area contributed by atoms with Gasteiger partial charge in [-0.15, -0.1) is 0 Å². The number of hydrogen-bond donors (Lipinski definition) is 3. The number of aryl methyl sites for hydroxylation is 1. The van der Waals surface area contributed by atoms with Crippen molar-refractivity contribution in [2.75, 3.05) is 22.9 Å². The molecule has 0 spiro atoms. The van der Waals surface area contributed by atoms with Crippen LogP contribution in [-0.2, 0) is 6.54 Å². The monoisotopic (exact) mass is 257 g/mol. The largest absolute Gasteiger partial charge is 0.370 e. The Morgan fingerprint density at radius 1 is 1.11 bits per heavy atom. The Morgan fingerprint density at radius 3 is 2.53 bits per heavy atom. The standard InChI is InChI=1S/C14H19N5/c1-3-16-12-8-13(19-14(15)18-12)17-9-11-6-4-5-10(2)7-11/h4-8H,3,9H2,1-2H3,(H4,15,16,17,18,19). The van der Waals surface area contributed by atoms with Crippen molar-refractivity contribution in [3.8, 4) is 0 Å². The zero-order valence-electron chi connectivity index (χ0n) is 11.3. The van der Waals surface area contributed by atoms with Crippen molar-refractivity contribution < 1.29 is 0 Å². The van der Waals surface area contributed by atoms with Gasteiger partial charge in [0.25, 0.3) is 0 Å². The summed E-state index contributed by atoms with van der Waals surface area (Å²) in [6.07, 6.45) is 0. The molecule has 5 nitrogen and oxygen atoms in total. The highest BCUT2D eigenvalue weighted by molar-refractivity contribution is 5.51. The number of nitrogens with two attached hydrogens (primary N) is 1. The molecule has 0 amide bonds. The number of anilines is 3. The Hall–Kier alpha value is -2.30. The summed E-state index contributed by atoms with van der Waals surface area (Å²) in [5.74, 6) is 1.73. The molecule has 0 saturated heterocycles. The summed E-state index contributed by atoms with van der Waals surface area (Å²) in [5, 5.41) is 6.38. The van der Waals surface area contributed by atoms with E-state index in [2.05, 4.69) is 45.7 Å². The molecule has 1 aromatic carbocycles. The Kier molecular flexibility index (Phi) is 4.18. The minimum atomic E-state index is 0.269. The fraction of sp³-hybridized carbons (Fsp3) is 0.286. The van der Waals surface area contributed by atoms with Crippen LogP contribution in [-0.4, -0.2) is 16.5 Å². The molecule has 1 heterocycles. The molecule has 2 rings (SSSR count). The van der Waals surface area contributed by atoms with Crippen LogP contribution in [0.5, 0.6) is 0 Å². The second kappa shape index (κ2) is 6.04. The number of hydrogen-bond acceptors (Lipinski definition) is 5. The first-order valence-electron chi connectivity index (χ1n) is 6.35. The quantitative estimate of drug-likeness (QED) is 0.767. The average Bonchev–Trinajstić information content (AvgIpc) is 2.36. The highest BCUT2D eigenvalue weighted by Gasteiger charge is 2.01. The zero-order valence-corrected chi connectivity index (χ0v) is 11.3. The molecule has 0 aliphatic heterocycles. The molecule has 4 N–H and O–H groups in total. The van der Waals surface area contributed by atoms with E-state index in [1.165, 1.54) is 11.1 Å². The summed E-state index contributed by atoms with van der Waals surface area (Å²) in [6, 6.07) is 10.2. The molecule has 0 bridgehead atoms. The van der Waals surface area contributed by atoms with Crippen LogP contribution in [0.2, 0.25) is 0 Å². The molecule has 2 aromatic rings. The summed E-state index contributed by atoms with van der Waals surface area (Å²) < 4.78 is 0. The molecule has 0 aliphatic carbocycles. The van der Waals surface area contributed by atoms with Gasteiger partial charge in [0, 0.05) is 19.2 Å². The molecule has 0 saturated carbocycles. The van der Waals surface area contributed by atoms with Gasteiger partial charge in [0.2, 0.25) is 5.95 Å². The summed E-state index contributed by atoms with van der Waals surface area (Å²) >= 11 is 0. The van der Waals surface area contributed by atoms with Crippen LogP contribution in [0.15, 0.2) is 30.3 Å². The van der Waals surface area contributed by atoms with Gasteiger partial charge in [-0.3, -0.25) is 0 Å². The molecule has 0 aliphatic rings. The first kappa shape index (κ1) is 13.1. The van der Waals surface area contributed by atoms with Gasteiger partial charge in [0.1, 0.15) is 11.6 Å². The highest BCUT2D eigenvalue weighted by atomic mass is 15.1. The second-order valence-corrected chi connectivity index (χ2v) is 4.37. The summed E-state index contributed by atoms with van der Waals surface area (Å²) in [4.78, 5) is 8.28. The fourth-order valence-corrected chi connectivity index (χ4v) is 1.84. The molecule has 0 unspecified atom stereocenters. The fourth-order valence-electron chi connectivity index (χ4n) is 1.84. The van der Waals surface area contributed by atoms with Crippen molar-refractivity contribution in [2.24, 2.45) is 0 Å². The van der Waals surface area contributed by atoms with Crippen LogP contribution in [0.25, 0.3) is 0 Å². The van der Waals surface area contributed by atoms with Crippen LogP contribution in [0.3, 0.4) is 0 Å². The van der Waals surface area contributed by atoms with Crippen molar-refractivity contribution in [2.45, 2.75) is 20.4 Å². The number of nitrogens with zero attached hydrogens (tertiary/aromatic N) is 2. The van der Waals surface area contributed by atoms with Gasteiger partial charge < -0.3 is 16.4 Å². The van der Waals surface area contributed by atoms with Crippen LogP contribution in [0.1, 0.15) is 18.1 Å². The topological polar surface area (TPSA) is 75.9 Å². The Bertz CT molecular complexity index is 553. The van der Waals surface area contributed by atoms with Crippen LogP contribution >= 0.6 is 0 Å². The third kappa shape index (κ3) is 3.84. The lowest BCUT2D eigenvalue weighted by molar-refractivity contribution is 1.07. The van der Waals surface area contributed by atoms with Gasteiger partial charge in [-0.2, -0.15) is 9.97 Å². The molecular weight excluding hydrogens is 238 g/mol. The van der Waals surface area contributed by atoms with E-state index >= 15 is 0 Å². The van der Waals surface area contributed by atoms with Gasteiger partial charge in [0.05, 0.1) is 0 Å². The first-order chi connectivity index (χ1) is 9.17. The van der Waals surface area contributed by atoms with Crippen molar-refractivity contribution >= 4 is 17.6 Å². The predicted molar refractivity (Wildman–Crippen MR) is 79.1 cm³/mol. The van der Waals surface area contributed by atoms with E-state index in [4.69, 9.17) is 5.73 Å². The molecular formula is C14H19N5. The molecule has 0 atom stereocenters. The maximum atomic E-state index is 5.68. The number of nitrogens with one attached hydrogen (secondary N) is 2. The van der Waals surface area contributed by atoms with Gasteiger partial charge in [0.15, 0.2) is 0 Å². The van der Waals surface area contributed by atoms with E-state index in [0.29, 0.717) is 6.54 Å².